The van der Waals surface area contributed by atoms with Crippen molar-refractivity contribution < 1.29 is 4.79 Å². The molecule has 0 unspecified atom stereocenters. The molecule has 0 N–H and O–H groups in total. The lowest BCUT2D eigenvalue weighted by Crippen LogP contribution is -2.29. The summed E-state index contributed by atoms with van der Waals surface area (Å²) >= 11 is 0. The van der Waals surface area contributed by atoms with Gasteiger partial charge in [0.2, 0.25) is 5.91 Å². The summed E-state index contributed by atoms with van der Waals surface area (Å²) in [6, 6.07) is 0. The van der Waals surface area contributed by atoms with Gasteiger partial charge in [0.15, 0.2) is 0 Å². The zero-order valence-electron chi connectivity index (χ0n) is 7.05. The van der Waals surface area contributed by atoms with Crippen LogP contribution in [0.15, 0.2) is 0 Å². The average molecular weight is 153 g/mol. The molecule has 0 bridgehead atoms. The second kappa shape index (κ2) is 2.50. The summed E-state index contributed by atoms with van der Waals surface area (Å²) in [6.45, 7) is 4.24. The predicted octanol–water partition coefficient (Wildman–Crippen LogP) is 1.26. The summed E-state index contributed by atoms with van der Waals surface area (Å²) in [4.78, 5) is 13.5. The Kier molecular flexibility index (Phi) is 1.63. The van der Waals surface area contributed by atoms with Gasteiger partial charge in [0.1, 0.15) is 0 Å². The molecule has 2 rings (SSSR count). The molecular weight excluding hydrogens is 138 g/mol. The van der Waals surface area contributed by atoms with Gasteiger partial charge >= 0.3 is 0 Å². The smallest absolute Gasteiger partial charge is 0.225 e. The Morgan fingerprint density at radius 3 is 2.55 bits per heavy atom. The van der Waals surface area contributed by atoms with E-state index in [-0.39, 0.29) is 0 Å². The highest BCUT2D eigenvalue weighted by molar-refractivity contribution is 5.81. The first-order valence-electron chi connectivity index (χ1n) is 4.56. The van der Waals surface area contributed by atoms with Crippen LogP contribution in [0.25, 0.3) is 0 Å². The van der Waals surface area contributed by atoms with Gasteiger partial charge in [0.25, 0.3) is 0 Å². The van der Waals surface area contributed by atoms with Crippen molar-refractivity contribution in [2.75, 3.05) is 13.1 Å². The van der Waals surface area contributed by atoms with E-state index < -0.39 is 0 Å². The van der Waals surface area contributed by atoms with Gasteiger partial charge in [-0.2, -0.15) is 0 Å². The quantitative estimate of drug-likeness (QED) is 0.555. The molecule has 1 aliphatic carbocycles. The maximum atomic E-state index is 11.5. The summed E-state index contributed by atoms with van der Waals surface area (Å²) < 4.78 is 0. The molecule has 11 heavy (non-hydrogen) atoms. The van der Waals surface area contributed by atoms with E-state index in [9.17, 15) is 4.79 Å². The van der Waals surface area contributed by atoms with E-state index in [0.717, 1.165) is 31.8 Å². The molecule has 0 spiro atoms. The zero-order chi connectivity index (χ0) is 7.84. The molecule has 2 heteroatoms. The Hall–Kier alpha value is -0.530. The van der Waals surface area contributed by atoms with Crippen molar-refractivity contribution in [3.8, 4) is 0 Å². The third kappa shape index (κ3) is 1.39. The number of likely N-dealkylation sites (tertiary alicyclic amines) is 1. The molecule has 1 saturated carbocycles. The molecule has 0 aromatic rings. The number of amides is 1. The molecule has 62 valence electrons. The number of rotatable bonds is 1. The monoisotopic (exact) mass is 153 g/mol. The molecule has 0 aromatic carbocycles. The molecule has 0 aromatic heterocycles. The fourth-order valence-electron chi connectivity index (χ4n) is 1.72. The van der Waals surface area contributed by atoms with E-state index in [1.54, 1.807) is 0 Å². The van der Waals surface area contributed by atoms with Crippen LogP contribution in [0.3, 0.4) is 0 Å². The van der Waals surface area contributed by atoms with Gasteiger partial charge in [-0.25, -0.2) is 0 Å². The average Bonchev–Trinajstić information content (AvgIpc) is 2.74. The van der Waals surface area contributed by atoms with Gasteiger partial charge < -0.3 is 4.90 Å². The molecule has 1 heterocycles. The number of hydrogen-bond donors (Lipinski definition) is 0. The van der Waals surface area contributed by atoms with E-state index >= 15 is 0 Å². The van der Waals surface area contributed by atoms with E-state index in [4.69, 9.17) is 0 Å². The van der Waals surface area contributed by atoms with Gasteiger partial charge in [-0.05, 0) is 25.2 Å². The molecule has 2 aliphatic rings. The summed E-state index contributed by atoms with van der Waals surface area (Å²) in [7, 11) is 0. The fourth-order valence-corrected chi connectivity index (χ4v) is 1.72. The van der Waals surface area contributed by atoms with Gasteiger partial charge in [0.05, 0.1) is 0 Å². The Balaban J connectivity index is 1.89. The van der Waals surface area contributed by atoms with Crippen LogP contribution >= 0.6 is 0 Å². The minimum atomic E-state index is 0.417. The second-order valence-corrected chi connectivity index (χ2v) is 3.95. The van der Waals surface area contributed by atoms with E-state index in [0.29, 0.717) is 11.8 Å². The number of hydrogen-bond acceptors (Lipinski definition) is 1. The molecule has 1 saturated heterocycles. The standard InChI is InChI=1S/C9H15NO/c1-7-4-5-10(6-7)9(11)8-2-3-8/h7-8H,2-6H2,1H3/t7-/m1/s1. The summed E-state index contributed by atoms with van der Waals surface area (Å²) in [5, 5.41) is 0. The van der Waals surface area contributed by atoms with Crippen molar-refractivity contribution in [2.24, 2.45) is 11.8 Å². The van der Waals surface area contributed by atoms with Gasteiger partial charge in [0, 0.05) is 19.0 Å². The molecule has 2 fully saturated rings. The number of nitrogens with zero attached hydrogens (tertiary/aromatic N) is 1. The van der Waals surface area contributed by atoms with E-state index in [1.165, 1.54) is 6.42 Å². The van der Waals surface area contributed by atoms with Crippen molar-refractivity contribution in [1.82, 2.24) is 4.90 Å². The Morgan fingerprint density at radius 2 is 2.09 bits per heavy atom. The van der Waals surface area contributed by atoms with Gasteiger partial charge in [-0.1, -0.05) is 6.92 Å². The first kappa shape index (κ1) is 7.14. The lowest BCUT2D eigenvalue weighted by molar-refractivity contribution is -0.131. The maximum Gasteiger partial charge on any atom is 0.225 e. The SMILES string of the molecule is C[C@@H]1CCN(C(=O)C2CC2)C1. The summed E-state index contributed by atoms with van der Waals surface area (Å²) in [5.74, 6) is 1.58. The molecule has 1 aliphatic heterocycles. The topological polar surface area (TPSA) is 20.3 Å². The van der Waals surface area contributed by atoms with E-state index in [2.05, 4.69) is 6.92 Å². The molecule has 1 atom stereocenters. The van der Waals surface area contributed by atoms with Crippen molar-refractivity contribution >= 4 is 5.91 Å². The Morgan fingerprint density at radius 1 is 1.36 bits per heavy atom. The Labute approximate surface area is 67.6 Å². The van der Waals surface area contributed by atoms with Crippen LogP contribution in [0.4, 0.5) is 0 Å². The lowest BCUT2D eigenvalue weighted by atomic mass is 10.2. The highest BCUT2D eigenvalue weighted by atomic mass is 16.2. The van der Waals surface area contributed by atoms with Crippen LogP contribution in [0.2, 0.25) is 0 Å². The van der Waals surface area contributed by atoms with Crippen LogP contribution in [0.1, 0.15) is 26.2 Å². The van der Waals surface area contributed by atoms with Crippen molar-refractivity contribution in [1.29, 1.82) is 0 Å². The van der Waals surface area contributed by atoms with E-state index in [1.807, 2.05) is 4.90 Å². The third-order valence-corrected chi connectivity index (χ3v) is 2.66. The largest absolute Gasteiger partial charge is 0.342 e. The van der Waals surface area contributed by atoms with Crippen LogP contribution < -0.4 is 0 Å². The first-order chi connectivity index (χ1) is 5.27. The van der Waals surface area contributed by atoms with Crippen LogP contribution in [0, 0.1) is 11.8 Å². The molecule has 2 nitrogen and oxygen atoms in total. The minimum Gasteiger partial charge on any atom is -0.342 e. The molecule has 1 amide bonds. The van der Waals surface area contributed by atoms with Crippen LogP contribution in [-0.2, 0) is 4.79 Å². The molecule has 0 radical (unpaired) electrons. The van der Waals surface area contributed by atoms with Crippen LogP contribution in [-0.4, -0.2) is 23.9 Å². The van der Waals surface area contributed by atoms with Crippen LogP contribution in [0.5, 0.6) is 0 Å². The predicted molar refractivity (Wildman–Crippen MR) is 43.1 cm³/mol. The third-order valence-electron chi connectivity index (χ3n) is 2.66. The van der Waals surface area contributed by atoms with Gasteiger partial charge in [-0.15, -0.1) is 0 Å². The highest BCUT2D eigenvalue weighted by Crippen LogP contribution is 2.32. The normalized spacial score (nSPS) is 31.0. The van der Waals surface area contributed by atoms with Crippen molar-refractivity contribution in [3.63, 3.8) is 0 Å². The fraction of sp³-hybridized carbons (Fsp3) is 0.889. The first-order valence-corrected chi connectivity index (χ1v) is 4.56. The Bertz CT molecular complexity index is 174. The van der Waals surface area contributed by atoms with Crippen molar-refractivity contribution in [2.45, 2.75) is 26.2 Å². The lowest BCUT2D eigenvalue weighted by Gasteiger charge is -2.14. The second-order valence-electron chi connectivity index (χ2n) is 3.95. The minimum absolute atomic E-state index is 0.417. The molecular formula is C9H15NO. The maximum absolute atomic E-state index is 11.5. The van der Waals surface area contributed by atoms with Gasteiger partial charge in [-0.3, -0.25) is 4.79 Å². The number of carbonyl (C=O) groups is 1. The highest BCUT2D eigenvalue weighted by Gasteiger charge is 2.35. The van der Waals surface area contributed by atoms with Crippen molar-refractivity contribution in [3.05, 3.63) is 0 Å². The zero-order valence-corrected chi connectivity index (χ0v) is 7.05. The summed E-state index contributed by atoms with van der Waals surface area (Å²) in [5.41, 5.74) is 0. The number of carbonyl (C=O) groups excluding carboxylic acids is 1. The summed E-state index contributed by atoms with van der Waals surface area (Å²) in [6.07, 6.45) is 3.49.